The molecule has 1 aromatic heterocycles. The van der Waals surface area contributed by atoms with Gasteiger partial charge in [0.2, 0.25) is 0 Å². The van der Waals surface area contributed by atoms with Crippen LogP contribution < -0.4 is 5.73 Å². The molecule has 1 heterocycles. The molecular formula is C12H13N3O. The number of anilines is 1. The summed E-state index contributed by atoms with van der Waals surface area (Å²) >= 11 is 0. The summed E-state index contributed by atoms with van der Waals surface area (Å²) < 4.78 is 1.61. The van der Waals surface area contributed by atoms with Crippen molar-refractivity contribution in [2.75, 3.05) is 5.73 Å². The van der Waals surface area contributed by atoms with Crippen LogP contribution in [0.5, 0.6) is 0 Å². The number of carbonyl (C=O) groups is 1. The van der Waals surface area contributed by atoms with E-state index in [4.69, 9.17) is 5.73 Å². The number of nitrogens with two attached hydrogens (primary N) is 1. The zero-order chi connectivity index (χ0) is 11.7. The van der Waals surface area contributed by atoms with E-state index in [0.717, 1.165) is 5.56 Å². The Morgan fingerprint density at radius 3 is 2.69 bits per heavy atom. The summed E-state index contributed by atoms with van der Waals surface area (Å²) in [6.45, 7) is 1.88. The highest BCUT2D eigenvalue weighted by molar-refractivity contribution is 6.09. The molecule has 0 spiro atoms. The van der Waals surface area contributed by atoms with Gasteiger partial charge in [0.05, 0.1) is 11.8 Å². The van der Waals surface area contributed by atoms with Crippen molar-refractivity contribution in [3.63, 3.8) is 0 Å². The topological polar surface area (TPSA) is 60.9 Å². The van der Waals surface area contributed by atoms with Crippen LogP contribution in [0, 0.1) is 6.92 Å². The fourth-order valence-electron chi connectivity index (χ4n) is 1.52. The highest BCUT2D eigenvalue weighted by Gasteiger charge is 2.11. The molecule has 0 aliphatic heterocycles. The number of ketones is 1. The van der Waals surface area contributed by atoms with Crippen molar-refractivity contribution < 1.29 is 4.79 Å². The third kappa shape index (κ3) is 1.82. The first-order valence-electron chi connectivity index (χ1n) is 4.97. The third-order valence-electron chi connectivity index (χ3n) is 2.50. The normalized spacial score (nSPS) is 10.4. The molecule has 0 bridgehead atoms. The molecule has 4 heteroatoms. The van der Waals surface area contributed by atoms with Crippen LogP contribution in [-0.4, -0.2) is 15.6 Å². The molecule has 4 nitrogen and oxygen atoms in total. The Labute approximate surface area is 93.7 Å². The zero-order valence-electron chi connectivity index (χ0n) is 9.27. The summed E-state index contributed by atoms with van der Waals surface area (Å²) in [7, 11) is 1.78. The van der Waals surface area contributed by atoms with Crippen molar-refractivity contribution in [1.29, 1.82) is 0 Å². The Hall–Kier alpha value is -2.10. The van der Waals surface area contributed by atoms with E-state index in [2.05, 4.69) is 5.10 Å². The lowest BCUT2D eigenvalue weighted by molar-refractivity contribution is 0.103. The third-order valence-corrected chi connectivity index (χ3v) is 2.50. The maximum absolute atomic E-state index is 12.0. The van der Waals surface area contributed by atoms with E-state index in [1.807, 2.05) is 6.92 Å². The molecule has 2 N–H and O–H groups in total. The summed E-state index contributed by atoms with van der Waals surface area (Å²) in [4.78, 5) is 12.0. The molecule has 16 heavy (non-hydrogen) atoms. The number of benzene rings is 1. The predicted octanol–water partition coefficient (Wildman–Crippen LogP) is 1.54. The van der Waals surface area contributed by atoms with Crippen molar-refractivity contribution in [1.82, 2.24) is 9.78 Å². The number of hydrogen-bond donors (Lipinski definition) is 1. The van der Waals surface area contributed by atoms with Gasteiger partial charge in [0, 0.05) is 24.5 Å². The van der Waals surface area contributed by atoms with Crippen LogP contribution in [0.4, 0.5) is 5.69 Å². The first-order valence-corrected chi connectivity index (χ1v) is 4.97. The molecule has 0 saturated heterocycles. The van der Waals surface area contributed by atoms with Crippen LogP contribution in [-0.2, 0) is 7.05 Å². The van der Waals surface area contributed by atoms with E-state index in [1.54, 1.807) is 42.3 Å². The zero-order valence-corrected chi connectivity index (χ0v) is 9.27. The molecule has 2 rings (SSSR count). The minimum absolute atomic E-state index is 0.0313. The minimum atomic E-state index is -0.0313. The highest BCUT2D eigenvalue weighted by atomic mass is 16.1. The largest absolute Gasteiger partial charge is 0.399 e. The lowest BCUT2D eigenvalue weighted by atomic mass is 10.0. The van der Waals surface area contributed by atoms with Crippen molar-refractivity contribution >= 4 is 11.5 Å². The van der Waals surface area contributed by atoms with Gasteiger partial charge in [-0.3, -0.25) is 9.48 Å². The molecule has 0 amide bonds. The van der Waals surface area contributed by atoms with E-state index in [0.29, 0.717) is 16.8 Å². The second-order valence-corrected chi connectivity index (χ2v) is 3.80. The van der Waals surface area contributed by atoms with Crippen LogP contribution in [0.2, 0.25) is 0 Å². The van der Waals surface area contributed by atoms with E-state index in [9.17, 15) is 4.79 Å². The van der Waals surface area contributed by atoms with E-state index < -0.39 is 0 Å². The van der Waals surface area contributed by atoms with Crippen molar-refractivity contribution in [3.05, 3.63) is 47.3 Å². The molecule has 0 atom stereocenters. The van der Waals surface area contributed by atoms with Gasteiger partial charge in [-0.2, -0.15) is 5.10 Å². The number of aromatic nitrogens is 2. The van der Waals surface area contributed by atoms with Crippen molar-refractivity contribution in [3.8, 4) is 0 Å². The molecule has 0 radical (unpaired) electrons. The Bertz CT molecular complexity index is 543. The summed E-state index contributed by atoms with van der Waals surface area (Å²) in [5.74, 6) is -0.0313. The first-order chi connectivity index (χ1) is 7.58. The number of nitrogens with zero attached hydrogens (tertiary/aromatic N) is 2. The number of hydrogen-bond acceptors (Lipinski definition) is 3. The molecule has 2 aromatic rings. The first kappa shape index (κ1) is 10.4. The SMILES string of the molecule is Cc1cc(C(=O)c2cnn(C)c2)ccc1N. The minimum Gasteiger partial charge on any atom is -0.399 e. The van der Waals surface area contributed by atoms with Gasteiger partial charge in [0.15, 0.2) is 5.78 Å². The number of aryl methyl sites for hydroxylation is 2. The molecule has 82 valence electrons. The van der Waals surface area contributed by atoms with Crippen molar-refractivity contribution in [2.45, 2.75) is 6.92 Å². The Balaban J connectivity index is 2.38. The second-order valence-electron chi connectivity index (χ2n) is 3.80. The molecule has 0 fully saturated rings. The monoisotopic (exact) mass is 215 g/mol. The van der Waals surface area contributed by atoms with E-state index in [-0.39, 0.29) is 5.78 Å². The Morgan fingerprint density at radius 2 is 2.12 bits per heavy atom. The van der Waals surface area contributed by atoms with Gasteiger partial charge < -0.3 is 5.73 Å². The van der Waals surface area contributed by atoms with Gasteiger partial charge in [-0.1, -0.05) is 0 Å². The Morgan fingerprint density at radius 1 is 1.38 bits per heavy atom. The maximum Gasteiger partial charge on any atom is 0.196 e. The van der Waals surface area contributed by atoms with Gasteiger partial charge in [0.25, 0.3) is 0 Å². The molecule has 0 unspecified atom stereocenters. The van der Waals surface area contributed by atoms with Gasteiger partial charge in [0.1, 0.15) is 0 Å². The molecule has 0 aliphatic carbocycles. The summed E-state index contributed by atoms with van der Waals surface area (Å²) in [6.07, 6.45) is 3.27. The number of nitrogen functional groups attached to an aromatic ring is 1. The highest BCUT2D eigenvalue weighted by Crippen LogP contribution is 2.15. The van der Waals surface area contributed by atoms with Gasteiger partial charge >= 0.3 is 0 Å². The lowest BCUT2D eigenvalue weighted by Gasteiger charge is -2.02. The van der Waals surface area contributed by atoms with Gasteiger partial charge in [-0.05, 0) is 30.7 Å². The summed E-state index contributed by atoms with van der Waals surface area (Å²) in [5, 5.41) is 3.97. The molecule has 0 aliphatic rings. The average Bonchev–Trinajstić information content (AvgIpc) is 2.68. The molecule has 0 saturated carbocycles. The molecule has 1 aromatic carbocycles. The fourth-order valence-corrected chi connectivity index (χ4v) is 1.52. The lowest BCUT2D eigenvalue weighted by Crippen LogP contribution is -2.01. The molecular weight excluding hydrogens is 202 g/mol. The van der Waals surface area contributed by atoms with Crippen LogP contribution in [0.1, 0.15) is 21.5 Å². The summed E-state index contributed by atoms with van der Waals surface area (Å²) in [6, 6.07) is 5.28. The maximum atomic E-state index is 12.0. The quantitative estimate of drug-likeness (QED) is 0.610. The fraction of sp³-hybridized carbons (Fsp3) is 0.167. The van der Waals surface area contributed by atoms with Crippen LogP contribution >= 0.6 is 0 Å². The Kier molecular flexibility index (Phi) is 2.48. The van der Waals surface area contributed by atoms with E-state index >= 15 is 0 Å². The number of carbonyl (C=O) groups excluding carboxylic acids is 1. The number of rotatable bonds is 2. The average molecular weight is 215 g/mol. The smallest absolute Gasteiger partial charge is 0.196 e. The standard InChI is InChI=1S/C12H13N3O/c1-8-5-9(3-4-11(8)13)12(16)10-6-14-15(2)7-10/h3-7H,13H2,1-2H3. The van der Waals surface area contributed by atoms with Crippen molar-refractivity contribution in [2.24, 2.45) is 7.05 Å². The van der Waals surface area contributed by atoms with Gasteiger partial charge in [-0.15, -0.1) is 0 Å². The second kappa shape index (κ2) is 3.81. The van der Waals surface area contributed by atoms with Crippen LogP contribution in [0.3, 0.4) is 0 Å². The van der Waals surface area contributed by atoms with Crippen LogP contribution in [0.25, 0.3) is 0 Å². The van der Waals surface area contributed by atoms with Crippen LogP contribution in [0.15, 0.2) is 30.6 Å². The van der Waals surface area contributed by atoms with E-state index in [1.165, 1.54) is 0 Å². The van der Waals surface area contributed by atoms with Gasteiger partial charge in [-0.25, -0.2) is 0 Å². The predicted molar refractivity (Wildman–Crippen MR) is 62.2 cm³/mol. The summed E-state index contributed by atoms with van der Waals surface area (Å²) in [5.41, 5.74) is 8.54.